The van der Waals surface area contributed by atoms with Gasteiger partial charge in [-0.05, 0) is 72.5 Å². The number of aryl methyl sites for hydroxylation is 1. The summed E-state index contributed by atoms with van der Waals surface area (Å²) in [6, 6.07) is 11.6. The zero-order valence-electron chi connectivity index (χ0n) is 19.5. The number of rotatable bonds is 6. The second-order valence-electron chi connectivity index (χ2n) is 8.77. The van der Waals surface area contributed by atoms with E-state index in [2.05, 4.69) is 4.98 Å². The average Bonchev–Trinajstić information content (AvgIpc) is 3.10. The first-order chi connectivity index (χ1) is 16.7. The number of nitrogens with zero attached hydrogens (tertiary/aromatic N) is 2. The van der Waals surface area contributed by atoms with Gasteiger partial charge in [0.25, 0.3) is 11.7 Å². The van der Waals surface area contributed by atoms with E-state index in [1.165, 1.54) is 30.6 Å². The third kappa shape index (κ3) is 4.72. The maximum atomic E-state index is 13.2. The Morgan fingerprint density at radius 3 is 2.49 bits per heavy atom. The van der Waals surface area contributed by atoms with Crippen molar-refractivity contribution >= 4 is 34.7 Å². The van der Waals surface area contributed by atoms with E-state index in [1.807, 2.05) is 20.8 Å². The Morgan fingerprint density at radius 2 is 1.83 bits per heavy atom. The first-order valence-corrected chi connectivity index (χ1v) is 11.5. The summed E-state index contributed by atoms with van der Waals surface area (Å²) in [5.74, 6) is -1.29. The molecule has 2 N–H and O–H groups in total. The van der Waals surface area contributed by atoms with Gasteiger partial charge in [-0.25, -0.2) is 0 Å². The molecule has 2 heterocycles. The largest absolute Gasteiger partial charge is 0.507 e. The Bertz CT molecular complexity index is 1320. The molecule has 1 saturated heterocycles. The summed E-state index contributed by atoms with van der Waals surface area (Å²) in [6.07, 6.45) is 3.05. The maximum Gasteiger partial charge on any atom is 0.300 e. The molecule has 8 heteroatoms. The van der Waals surface area contributed by atoms with Gasteiger partial charge in [0.05, 0.1) is 23.9 Å². The van der Waals surface area contributed by atoms with Gasteiger partial charge >= 0.3 is 0 Å². The molecule has 35 heavy (non-hydrogen) atoms. The number of phenolic OH excluding ortho intramolecular Hbond substituents is 1. The molecule has 2 aromatic carbocycles. The standard InChI is InChI=1S/C27H25ClN2O5/c1-15(2)14-35-22-7-4-18(12-16(22)3)25(32)23-24(17-8-10-29-11-9-17)30(27(34)26(23)33)20-13-19(28)5-6-21(20)31/h4-13,15,24,31-32H,14H2,1-3H3/b25-23+. The second kappa shape index (κ2) is 9.80. The summed E-state index contributed by atoms with van der Waals surface area (Å²) in [6.45, 7) is 6.48. The minimum absolute atomic E-state index is 0.0640. The van der Waals surface area contributed by atoms with Crippen molar-refractivity contribution in [3.63, 3.8) is 0 Å². The fraction of sp³-hybridized carbons (Fsp3) is 0.222. The van der Waals surface area contributed by atoms with Crippen molar-refractivity contribution < 1.29 is 24.5 Å². The highest BCUT2D eigenvalue weighted by atomic mass is 35.5. The predicted octanol–water partition coefficient (Wildman–Crippen LogP) is 5.41. The number of aliphatic hydroxyl groups excluding tert-OH is 1. The normalized spacial score (nSPS) is 17.3. The number of anilines is 1. The van der Waals surface area contributed by atoms with Gasteiger partial charge in [-0.1, -0.05) is 25.4 Å². The molecule has 1 unspecified atom stereocenters. The molecule has 1 amide bonds. The number of amides is 1. The zero-order valence-corrected chi connectivity index (χ0v) is 20.3. The molecule has 180 valence electrons. The van der Waals surface area contributed by atoms with Gasteiger partial charge in [-0.15, -0.1) is 0 Å². The Balaban J connectivity index is 1.86. The minimum atomic E-state index is -1.00. The lowest BCUT2D eigenvalue weighted by molar-refractivity contribution is -0.132. The monoisotopic (exact) mass is 492 g/mol. The number of benzene rings is 2. The molecule has 1 fully saturated rings. The fourth-order valence-corrected chi connectivity index (χ4v) is 4.17. The van der Waals surface area contributed by atoms with E-state index in [0.717, 1.165) is 10.5 Å². The number of aromatic nitrogens is 1. The Kier molecular flexibility index (Phi) is 6.80. The van der Waals surface area contributed by atoms with Crippen LogP contribution in [-0.4, -0.2) is 33.5 Å². The zero-order chi connectivity index (χ0) is 25.3. The Labute approximate surface area is 208 Å². The van der Waals surface area contributed by atoms with Crippen LogP contribution in [0.2, 0.25) is 5.02 Å². The topological polar surface area (TPSA) is 100.0 Å². The first-order valence-electron chi connectivity index (χ1n) is 11.1. The van der Waals surface area contributed by atoms with Crippen LogP contribution in [0.1, 0.15) is 36.6 Å². The summed E-state index contributed by atoms with van der Waals surface area (Å²) in [5, 5.41) is 22.1. The van der Waals surface area contributed by atoms with Crippen molar-refractivity contribution in [2.24, 2.45) is 5.92 Å². The number of carbonyl (C=O) groups is 2. The van der Waals surface area contributed by atoms with Crippen LogP contribution in [0, 0.1) is 12.8 Å². The van der Waals surface area contributed by atoms with Gasteiger partial charge in [0, 0.05) is 23.0 Å². The van der Waals surface area contributed by atoms with Gasteiger partial charge in [0.15, 0.2) is 0 Å². The highest BCUT2D eigenvalue weighted by Gasteiger charge is 2.47. The average molecular weight is 493 g/mol. The lowest BCUT2D eigenvalue weighted by Gasteiger charge is -2.26. The summed E-state index contributed by atoms with van der Waals surface area (Å²) < 4.78 is 5.81. The fourth-order valence-electron chi connectivity index (χ4n) is 4.00. The SMILES string of the molecule is Cc1cc(/C(O)=C2\C(=O)C(=O)N(c3cc(Cl)ccc3O)C2c2ccncc2)ccc1OCC(C)C. The van der Waals surface area contributed by atoms with E-state index >= 15 is 0 Å². The number of aliphatic hydroxyl groups is 1. The molecular formula is C27H25ClN2O5. The third-order valence-electron chi connectivity index (χ3n) is 5.68. The van der Waals surface area contributed by atoms with Crippen molar-refractivity contribution in [3.05, 3.63) is 88.2 Å². The van der Waals surface area contributed by atoms with E-state index in [1.54, 1.807) is 30.3 Å². The van der Waals surface area contributed by atoms with Crippen molar-refractivity contribution in [2.75, 3.05) is 11.5 Å². The second-order valence-corrected chi connectivity index (χ2v) is 9.20. The van der Waals surface area contributed by atoms with Crippen LogP contribution in [0.5, 0.6) is 11.5 Å². The van der Waals surface area contributed by atoms with Crippen LogP contribution in [0.3, 0.4) is 0 Å². The van der Waals surface area contributed by atoms with Gasteiger partial charge in [0.2, 0.25) is 0 Å². The molecule has 1 aliphatic heterocycles. The number of ether oxygens (including phenoxy) is 1. The molecule has 7 nitrogen and oxygen atoms in total. The lowest BCUT2D eigenvalue weighted by atomic mass is 9.95. The number of aromatic hydroxyl groups is 1. The van der Waals surface area contributed by atoms with Gasteiger partial charge in [-0.3, -0.25) is 19.5 Å². The maximum absolute atomic E-state index is 13.2. The van der Waals surface area contributed by atoms with E-state index in [0.29, 0.717) is 29.4 Å². The minimum Gasteiger partial charge on any atom is -0.507 e. The van der Waals surface area contributed by atoms with Crippen LogP contribution in [0.25, 0.3) is 5.76 Å². The molecule has 1 aliphatic rings. The molecule has 0 radical (unpaired) electrons. The lowest BCUT2D eigenvalue weighted by Crippen LogP contribution is -2.29. The van der Waals surface area contributed by atoms with Gasteiger partial charge in [-0.2, -0.15) is 0 Å². The molecule has 0 bridgehead atoms. The summed E-state index contributed by atoms with van der Waals surface area (Å²) in [7, 11) is 0. The van der Waals surface area contributed by atoms with Crippen molar-refractivity contribution in [3.8, 4) is 11.5 Å². The molecule has 1 atom stereocenters. The number of hydrogen-bond donors (Lipinski definition) is 2. The molecule has 0 saturated carbocycles. The Hall–Kier alpha value is -3.84. The summed E-state index contributed by atoms with van der Waals surface area (Å²) in [5.41, 5.74) is 1.64. The van der Waals surface area contributed by atoms with E-state index in [4.69, 9.17) is 16.3 Å². The number of Topliss-reactive ketones (excluding diaryl/α,β-unsaturated/α-hetero) is 1. The van der Waals surface area contributed by atoms with Crippen LogP contribution in [0.4, 0.5) is 5.69 Å². The smallest absolute Gasteiger partial charge is 0.300 e. The highest BCUT2D eigenvalue weighted by Crippen LogP contribution is 2.45. The van der Waals surface area contributed by atoms with E-state index < -0.39 is 17.7 Å². The molecule has 4 rings (SSSR count). The summed E-state index contributed by atoms with van der Waals surface area (Å²) >= 11 is 6.13. The number of hydrogen-bond acceptors (Lipinski definition) is 6. The highest BCUT2D eigenvalue weighted by molar-refractivity contribution is 6.52. The molecule has 3 aromatic rings. The van der Waals surface area contributed by atoms with Crippen molar-refractivity contribution in [1.82, 2.24) is 4.98 Å². The molecular weight excluding hydrogens is 468 g/mol. The third-order valence-corrected chi connectivity index (χ3v) is 5.92. The number of phenols is 1. The van der Waals surface area contributed by atoms with E-state index in [-0.39, 0.29) is 27.8 Å². The van der Waals surface area contributed by atoms with Gasteiger partial charge in [0.1, 0.15) is 17.3 Å². The van der Waals surface area contributed by atoms with Crippen LogP contribution in [0.15, 0.2) is 66.5 Å². The quantitative estimate of drug-likeness (QED) is 0.271. The van der Waals surface area contributed by atoms with Gasteiger partial charge < -0.3 is 14.9 Å². The van der Waals surface area contributed by atoms with Crippen LogP contribution < -0.4 is 9.64 Å². The first kappa shape index (κ1) is 24.3. The van der Waals surface area contributed by atoms with Crippen molar-refractivity contribution in [1.29, 1.82) is 0 Å². The number of carbonyl (C=O) groups excluding carboxylic acids is 2. The predicted molar refractivity (Wildman–Crippen MR) is 134 cm³/mol. The number of halogens is 1. The van der Waals surface area contributed by atoms with Crippen molar-refractivity contribution in [2.45, 2.75) is 26.8 Å². The molecule has 0 spiro atoms. The van der Waals surface area contributed by atoms with Crippen LogP contribution in [-0.2, 0) is 9.59 Å². The molecule has 0 aliphatic carbocycles. The number of ketones is 1. The summed E-state index contributed by atoms with van der Waals surface area (Å²) in [4.78, 5) is 31.6. The number of pyridine rings is 1. The van der Waals surface area contributed by atoms with Crippen LogP contribution >= 0.6 is 11.6 Å². The van der Waals surface area contributed by atoms with E-state index in [9.17, 15) is 19.8 Å². The molecule has 1 aromatic heterocycles. The Morgan fingerprint density at radius 1 is 1.11 bits per heavy atom.